The molecule has 1 aliphatic carbocycles. The molecule has 0 amide bonds. The number of nitrogens with zero attached hydrogens (tertiary/aromatic N) is 1. The monoisotopic (exact) mass is 309 g/mol. The number of fused-ring (bicyclic) bond motifs is 6. The van der Waals surface area contributed by atoms with Crippen LogP contribution in [0.5, 0.6) is 0 Å². The van der Waals surface area contributed by atoms with Gasteiger partial charge in [0.25, 0.3) is 0 Å². The lowest BCUT2D eigenvalue weighted by Crippen LogP contribution is -2.02. The van der Waals surface area contributed by atoms with Crippen molar-refractivity contribution in [3.8, 4) is 11.3 Å². The van der Waals surface area contributed by atoms with Gasteiger partial charge in [0.2, 0.25) is 0 Å². The molecule has 0 saturated heterocycles. The predicted molar refractivity (Wildman–Crippen MR) is 98.8 cm³/mol. The Hall–Kier alpha value is -3.33. The third-order valence-corrected chi connectivity index (χ3v) is 4.62. The van der Waals surface area contributed by atoms with Crippen LogP contribution < -0.4 is 11.1 Å². The zero-order valence-electron chi connectivity index (χ0n) is 12.8. The van der Waals surface area contributed by atoms with Crippen LogP contribution in [0.3, 0.4) is 0 Å². The maximum absolute atomic E-state index is 10.3. The van der Waals surface area contributed by atoms with Crippen molar-refractivity contribution in [2.75, 3.05) is 5.73 Å². The summed E-state index contributed by atoms with van der Waals surface area (Å²) in [5.74, 6) is 0.647. The summed E-state index contributed by atoms with van der Waals surface area (Å²) in [7, 11) is 0. The molecule has 2 aliphatic rings. The molecule has 3 heteroatoms. The highest BCUT2D eigenvalue weighted by Gasteiger charge is 2.13. The van der Waals surface area contributed by atoms with Gasteiger partial charge in [0.05, 0.1) is 0 Å². The molecule has 0 bridgehead atoms. The van der Waals surface area contributed by atoms with Gasteiger partial charge in [-0.05, 0) is 28.3 Å². The highest BCUT2D eigenvalue weighted by molar-refractivity contribution is 6.13. The first kappa shape index (κ1) is 13.1. The average Bonchev–Trinajstić information content (AvgIpc) is 2.61. The number of hydrogen-bond acceptors (Lipinski definition) is 2. The Balaban J connectivity index is 2.07. The van der Waals surface area contributed by atoms with E-state index < -0.39 is 0 Å². The first-order valence-corrected chi connectivity index (χ1v) is 7.81. The van der Waals surface area contributed by atoms with Crippen LogP contribution in [0, 0.1) is 0 Å². The van der Waals surface area contributed by atoms with Crippen LogP contribution in [0.4, 0.5) is 5.69 Å². The fourth-order valence-corrected chi connectivity index (χ4v) is 3.48. The molecule has 0 unspecified atom stereocenters. The van der Waals surface area contributed by atoms with Crippen molar-refractivity contribution in [2.45, 2.75) is 0 Å². The molecular weight excluding hydrogens is 296 g/mol. The number of rotatable bonds is 0. The van der Waals surface area contributed by atoms with Gasteiger partial charge in [-0.25, -0.2) is 0 Å². The molecule has 0 spiro atoms. The van der Waals surface area contributed by atoms with E-state index in [-0.39, 0.29) is 5.36 Å². The topological polar surface area (TPSA) is 61.5 Å². The summed E-state index contributed by atoms with van der Waals surface area (Å²) in [6, 6.07) is 21.5. The lowest BCUT2D eigenvalue weighted by molar-refractivity contribution is 0.620. The first-order chi connectivity index (χ1) is 11.7. The minimum atomic E-state index is 0.218. The summed E-state index contributed by atoms with van der Waals surface area (Å²) in [5.41, 5.74) is 8.56. The largest absolute Gasteiger partial charge is 0.803 e. The Morgan fingerprint density at radius 1 is 0.708 bits per heavy atom. The zero-order chi connectivity index (χ0) is 16.3. The maximum Gasteiger partial charge on any atom is 0.137 e. The van der Waals surface area contributed by atoms with E-state index in [1.807, 2.05) is 48.5 Å². The Labute approximate surface area is 137 Å². The van der Waals surface area contributed by atoms with E-state index in [0.717, 1.165) is 32.5 Å². The van der Waals surface area contributed by atoms with E-state index in [4.69, 9.17) is 10.2 Å². The van der Waals surface area contributed by atoms with Crippen LogP contribution in [0.1, 0.15) is 0 Å². The van der Waals surface area contributed by atoms with Crippen molar-refractivity contribution < 1.29 is 4.42 Å². The molecular formula is C21H13N2O-. The molecule has 3 nitrogen and oxygen atoms in total. The fourth-order valence-electron chi connectivity index (χ4n) is 3.48. The van der Waals surface area contributed by atoms with E-state index in [1.54, 1.807) is 6.07 Å². The number of nitrogens with two attached hydrogens (primary N) is 1. The van der Waals surface area contributed by atoms with Crippen LogP contribution in [0.15, 0.2) is 71.1 Å². The van der Waals surface area contributed by atoms with E-state index >= 15 is 0 Å². The molecule has 3 aromatic rings. The van der Waals surface area contributed by atoms with Crippen molar-refractivity contribution in [3.05, 3.63) is 77.5 Å². The molecule has 24 heavy (non-hydrogen) atoms. The van der Waals surface area contributed by atoms with Gasteiger partial charge in [0, 0.05) is 28.1 Å². The third kappa shape index (κ3) is 1.69. The summed E-state index contributed by atoms with van der Waals surface area (Å²) in [6.45, 7) is 0. The molecule has 0 atom stereocenters. The standard InChI is InChI=1S/C21H13N2O/c22-18-10-20-16(12-5-1-3-7-14(12)18)9-17-13-6-2-4-8-15(13)19(23)11-21(17)24-20/h1-11H,22H2/q-1. The number of nitrogen functional groups attached to an aromatic ring is 1. The van der Waals surface area contributed by atoms with E-state index in [2.05, 4.69) is 12.1 Å². The Morgan fingerprint density at radius 3 is 2.17 bits per heavy atom. The van der Waals surface area contributed by atoms with Gasteiger partial charge in [-0.1, -0.05) is 48.5 Å². The third-order valence-electron chi connectivity index (χ3n) is 4.62. The van der Waals surface area contributed by atoms with E-state index in [9.17, 15) is 5.41 Å². The Kier molecular flexibility index (Phi) is 2.51. The normalized spacial score (nSPS) is 11.7. The number of benzene rings is 4. The van der Waals surface area contributed by atoms with Crippen molar-refractivity contribution in [1.29, 1.82) is 0 Å². The zero-order valence-corrected chi connectivity index (χ0v) is 12.8. The van der Waals surface area contributed by atoms with Gasteiger partial charge < -0.3 is 15.6 Å². The molecule has 0 radical (unpaired) electrons. The van der Waals surface area contributed by atoms with Crippen LogP contribution >= 0.6 is 0 Å². The van der Waals surface area contributed by atoms with Gasteiger partial charge >= 0.3 is 0 Å². The van der Waals surface area contributed by atoms with E-state index in [0.29, 0.717) is 17.0 Å². The molecule has 1 heterocycles. The lowest BCUT2D eigenvalue weighted by Gasteiger charge is -2.15. The summed E-state index contributed by atoms with van der Waals surface area (Å²) in [5, 5.41) is 15.4. The second kappa shape index (κ2) is 4.59. The summed E-state index contributed by atoms with van der Waals surface area (Å²) < 4.78 is 6.08. The maximum atomic E-state index is 10.3. The summed E-state index contributed by atoms with van der Waals surface area (Å²) in [6.07, 6.45) is 0. The smallest absolute Gasteiger partial charge is 0.137 e. The minimum absolute atomic E-state index is 0.218. The van der Waals surface area contributed by atoms with Gasteiger partial charge in [0.1, 0.15) is 11.3 Å². The van der Waals surface area contributed by atoms with E-state index in [1.165, 1.54) is 0 Å². The Bertz CT molecular complexity index is 1280. The van der Waals surface area contributed by atoms with Crippen molar-refractivity contribution in [2.24, 2.45) is 0 Å². The van der Waals surface area contributed by atoms with Gasteiger partial charge in [-0.2, -0.15) is 0 Å². The van der Waals surface area contributed by atoms with Gasteiger partial charge in [-0.3, -0.25) is 0 Å². The second-order valence-electron chi connectivity index (χ2n) is 6.02. The molecule has 2 N–H and O–H groups in total. The average molecular weight is 309 g/mol. The first-order valence-electron chi connectivity index (χ1n) is 7.81. The van der Waals surface area contributed by atoms with Gasteiger partial charge in [0.15, 0.2) is 0 Å². The quantitative estimate of drug-likeness (QED) is 0.251. The minimum Gasteiger partial charge on any atom is -0.803 e. The molecule has 3 aromatic carbocycles. The summed E-state index contributed by atoms with van der Waals surface area (Å²) in [4.78, 5) is 0. The van der Waals surface area contributed by atoms with Crippen molar-refractivity contribution in [1.82, 2.24) is 0 Å². The summed E-state index contributed by atoms with van der Waals surface area (Å²) >= 11 is 0. The highest BCUT2D eigenvalue weighted by atomic mass is 16.3. The highest BCUT2D eigenvalue weighted by Crippen LogP contribution is 2.37. The number of anilines is 1. The van der Waals surface area contributed by atoms with Crippen LogP contribution in [-0.4, -0.2) is 0 Å². The van der Waals surface area contributed by atoms with Crippen molar-refractivity contribution >= 4 is 38.2 Å². The van der Waals surface area contributed by atoms with Crippen LogP contribution in [-0.2, 0) is 0 Å². The lowest BCUT2D eigenvalue weighted by atomic mass is 9.97. The van der Waals surface area contributed by atoms with Crippen LogP contribution in [0.2, 0.25) is 0 Å². The molecule has 5 rings (SSSR count). The Morgan fingerprint density at radius 2 is 1.38 bits per heavy atom. The number of hydrogen-bond donors (Lipinski definition) is 1. The molecule has 0 aromatic heterocycles. The van der Waals surface area contributed by atoms with Crippen LogP contribution in [0.25, 0.3) is 49.2 Å². The molecule has 114 valence electrons. The second-order valence-corrected chi connectivity index (χ2v) is 6.02. The van der Waals surface area contributed by atoms with Crippen molar-refractivity contribution in [3.63, 3.8) is 0 Å². The van der Waals surface area contributed by atoms with Gasteiger partial charge in [-0.15, -0.1) is 5.36 Å². The molecule has 1 aliphatic heterocycles. The molecule has 0 fully saturated rings. The fraction of sp³-hybridized carbons (Fsp3) is 0. The SMILES string of the molecule is [N-]=c1cc2oc3cc(N)c4ccccc4c3cc-2c2ccccc12. The predicted octanol–water partition coefficient (Wildman–Crippen LogP) is 4.90. The molecule has 0 saturated carbocycles.